The van der Waals surface area contributed by atoms with Crippen LogP contribution in [0.2, 0.25) is 0 Å². The van der Waals surface area contributed by atoms with Crippen LogP contribution in [0.4, 0.5) is 0 Å². The normalized spacial score (nSPS) is 18.4. The Labute approximate surface area is 140 Å². The SMILES string of the molecule is Cc1csc(C2CCCCN2C(=O)CCc2c(C)noc2C)n1. The number of thiazole rings is 1. The molecule has 3 rings (SSSR count). The molecule has 0 aromatic carbocycles. The first kappa shape index (κ1) is 16.2. The quantitative estimate of drug-likeness (QED) is 0.855. The summed E-state index contributed by atoms with van der Waals surface area (Å²) in [4.78, 5) is 19.4. The fourth-order valence-electron chi connectivity index (χ4n) is 3.25. The third-order valence-electron chi connectivity index (χ3n) is 4.52. The maximum absolute atomic E-state index is 12.8. The first-order valence-electron chi connectivity index (χ1n) is 8.19. The lowest BCUT2D eigenvalue weighted by Crippen LogP contribution is -2.38. The predicted octanol–water partition coefficient (Wildman–Crippen LogP) is 3.74. The van der Waals surface area contributed by atoms with Crippen molar-refractivity contribution in [1.82, 2.24) is 15.0 Å². The van der Waals surface area contributed by atoms with E-state index in [1.807, 2.05) is 25.7 Å². The van der Waals surface area contributed by atoms with Gasteiger partial charge in [0.1, 0.15) is 10.8 Å². The van der Waals surface area contributed by atoms with Crippen LogP contribution in [0, 0.1) is 20.8 Å². The van der Waals surface area contributed by atoms with Gasteiger partial charge in [-0.3, -0.25) is 4.79 Å². The Kier molecular flexibility index (Phi) is 4.80. The van der Waals surface area contributed by atoms with E-state index in [2.05, 4.69) is 15.5 Å². The molecule has 0 bridgehead atoms. The number of aromatic nitrogens is 2. The summed E-state index contributed by atoms with van der Waals surface area (Å²) >= 11 is 1.67. The molecule has 0 saturated carbocycles. The number of amides is 1. The van der Waals surface area contributed by atoms with Gasteiger partial charge < -0.3 is 9.42 Å². The van der Waals surface area contributed by atoms with Gasteiger partial charge in [-0.25, -0.2) is 4.98 Å². The highest BCUT2D eigenvalue weighted by atomic mass is 32.1. The van der Waals surface area contributed by atoms with Gasteiger partial charge in [0, 0.05) is 29.6 Å². The van der Waals surface area contributed by atoms with Crippen LogP contribution in [0.3, 0.4) is 0 Å². The van der Waals surface area contributed by atoms with Gasteiger partial charge in [0.05, 0.1) is 11.7 Å². The van der Waals surface area contributed by atoms with Gasteiger partial charge in [-0.15, -0.1) is 11.3 Å². The third-order valence-corrected chi connectivity index (χ3v) is 5.58. The van der Waals surface area contributed by atoms with E-state index in [0.29, 0.717) is 12.8 Å². The van der Waals surface area contributed by atoms with Crippen LogP contribution in [0.1, 0.15) is 59.4 Å². The summed E-state index contributed by atoms with van der Waals surface area (Å²) in [7, 11) is 0. The highest BCUT2D eigenvalue weighted by Crippen LogP contribution is 2.33. The number of rotatable bonds is 4. The highest BCUT2D eigenvalue weighted by molar-refractivity contribution is 7.09. The Bertz CT molecular complexity index is 672. The van der Waals surface area contributed by atoms with Gasteiger partial charge in [0.15, 0.2) is 0 Å². The maximum atomic E-state index is 12.8. The average Bonchev–Trinajstić information content (AvgIpc) is 3.11. The molecule has 5 nitrogen and oxygen atoms in total. The van der Waals surface area contributed by atoms with Crippen molar-refractivity contribution in [2.45, 2.75) is 58.9 Å². The number of piperidine rings is 1. The van der Waals surface area contributed by atoms with Crippen molar-refractivity contribution in [3.05, 3.63) is 33.1 Å². The minimum absolute atomic E-state index is 0.152. The molecule has 6 heteroatoms. The summed E-state index contributed by atoms with van der Waals surface area (Å²) in [6.45, 7) is 6.68. The van der Waals surface area contributed by atoms with E-state index < -0.39 is 0 Å². The van der Waals surface area contributed by atoms with Crippen LogP contribution in [0.5, 0.6) is 0 Å². The lowest BCUT2D eigenvalue weighted by molar-refractivity contribution is -0.135. The van der Waals surface area contributed by atoms with Gasteiger partial charge in [0.25, 0.3) is 0 Å². The molecule has 23 heavy (non-hydrogen) atoms. The van der Waals surface area contributed by atoms with Crippen LogP contribution in [0.25, 0.3) is 0 Å². The minimum atomic E-state index is 0.152. The molecule has 1 unspecified atom stereocenters. The average molecular weight is 333 g/mol. The van der Waals surface area contributed by atoms with E-state index in [4.69, 9.17) is 4.52 Å². The van der Waals surface area contributed by atoms with Gasteiger partial charge in [0.2, 0.25) is 5.91 Å². The molecule has 0 spiro atoms. The molecule has 1 atom stereocenters. The number of carbonyl (C=O) groups excluding carboxylic acids is 1. The number of hydrogen-bond donors (Lipinski definition) is 0. The second-order valence-electron chi connectivity index (χ2n) is 6.23. The Morgan fingerprint density at radius 3 is 2.87 bits per heavy atom. The largest absolute Gasteiger partial charge is 0.361 e. The molecular weight excluding hydrogens is 310 g/mol. The molecule has 124 valence electrons. The van der Waals surface area contributed by atoms with Crippen LogP contribution in [-0.4, -0.2) is 27.5 Å². The zero-order valence-corrected chi connectivity index (χ0v) is 14.8. The summed E-state index contributed by atoms with van der Waals surface area (Å²) < 4.78 is 5.18. The molecule has 3 heterocycles. The topological polar surface area (TPSA) is 59.2 Å². The summed E-state index contributed by atoms with van der Waals surface area (Å²) in [6.07, 6.45) is 4.46. The number of hydrogen-bond acceptors (Lipinski definition) is 5. The highest BCUT2D eigenvalue weighted by Gasteiger charge is 2.29. The van der Waals surface area contributed by atoms with Crippen LogP contribution < -0.4 is 0 Å². The zero-order valence-electron chi connectivity index (χ0n) is 14.0. The summed E-state index contributed by atoms with van der Waals surface area (Å²) in [6, 6.07) is 0.152. The standard InChI is InChI=1S/C17H23N3O2S/c1-11-10-23-17(18-11)15-6-4-5-9-20(15)16(21)8-7-14-12(2)19-22-13(14)3/h10,15H,4-9H2,1-3H3. The van der Waals surface area contributed by atoms with Crippen molar-refractivity contribution in [2.75, 3.05) is 6.54 Å². The number of carbonyl (C=O) groups is 1. The molecule has 2 aromatic heterocycles. The van der Waals surface area contributed by atoms with Crippen molar-refractivity contribution < 1.29 is 9.32 Å². The molecule has 1 aliphatic rings. The zero-order chi connectivity index (χ0) is 16.4. The molecule has 1 amide bonds. The number of nitrogens with zero attached hydrogens (tertiary/aromatic N) is 3. The van der Waals surface area contributed by atoms with Gasteiger partial charge in [-0.05, 0) is 46.5 Å². The van der Waals surface area contributed by atoms with E-state index in [1.165, 1.54) is 0 Å². The molecule has 0 N–H and O–H groups in total. The first-order chi connectivity index (χ1) is 11.1. The van der Waals surface area contributed by atoms with Crippen LogP contribution >= 0.6 is 11.3 Å². The summed E-state index contributed by atoms with van der Waals surface area (Å²) in [5, 5.41) is 7.11. The monoisotopic (exact) mass is 333 g/mol. The molecule has 0 radical (unpaired) electrons. The van der Waals surface area contributed by atoms with Crippen molar-refractivity contribution in [3.63, 3.8) is 0 Å². The summed E-state index contributed by atoms with van der Waals surface area (Å²) in [5.41, 5.74) is 3.00. The lowest BCUT2D eigenvalue weighted by Gasteiger charge is -2.34. The molecule has 0 aliphatic carbocycles. The van der Waals surface area contributed by atoms with E-state index in [9.17, 15) is 4.79 Å². The van der Waals surface area contributed by atoms with E-state index in [-0.39, 0.29) is 11.9 Å². The number of likely N-dealkylation sites (tertiary alicyclic amines) is 1. The van der Waals surface area contributed by atoms with E-state index in [0.717, 1.165) is 53.5 Å². The van der Waals surface area contributed by atoms with Crippen molar-refractivity contribution in [1.29, 1.82) is 0 Å². The fraction of sp³-hybridized carbons (Fsp3) is 0.588. The predicted molar refractivity (Wildman–Crippen MR) is 89.5 cm³/mol. The Hall–Kier alpha value is -1.69. The van der Waals surface area contributed by atoms with Crippen molar-refractivity contribution in [3.8, 4) is 0 Å². The molecule has 1 fully saturated rings. The molecule has 1 aliphatic heterocycles. The Morgan fingerprint density at radius 1 is 1.39 bits per heavy atom. The van der Waals surface area contributed by atoms with E-state index in [1.54, 1.807) is 11.3 Å². The lowest BCUT2D eigenvalue weighted by atomic mass is 10.0. The molecular formula is C17H23N3O2S. The number of aryl methyl sites for hydroxylation is 3. The minimum Gasteiger partial charge on any atom is -0.361 e. The van der Waals surface area contributed by atoms with Crippen molar-refractivity contribution >= 4 is 17.2 Å². The van der Waals surface area contributed by atoms with Crippen LogP contribution in [0.15, 0.2) is 9.90 Å². The second-order valence-corrected chi connectivity index (χ2v) is 7.12. The molecule has 2 aromatic rings. The van der Waals surface area contributed by atoms with Gasteiger partial charge in [-0.2, -0.15) is 0 Å². The van der Waals surface area contributed by atoms with Crippen molar-refractivity contribution in [2.24, 2.45) is 0 Å². The first-order valence-corrected chi connectivity index (χ1v) is 9.07. The van der Waals surface area contributed by atoms with Gasteiger partial charge in [-0.1, -0.05) is 5.16 Å². The Balaban J connectivity index is 1.69. The smallest absolute Gasteiger partial charge is 0.223 e. The second kappa shape index (κ2) is 6.83. The summed E-state index contributed by atoms with van der Waals surface area (Å²) in [5.74, 6) is 1.03. The molecule has 1 saturated heterocycles. The van der Waals surface area contributed by atoms with Gasteiger partial charge >= 0.3 is 0 Å². The van der Waals surface area contributed by atoms with Crippen LogP contribution in [-0.2, 0) is 11.2 Å². The fourth-order valence-corrected chi connectivity index (χ4v) is 4.19. The Morgan fingerprint density at radius 2 is 2.22 bits per heavy atom. The van der Waals surface area contributed by atoms with E-state index >= 15 is 0 Å². The maximum Gasteiger partial charge on any atom is 0.223 e. The third kappa shape index (κ3) is 3.47.